The van der Waals surface area contributed by atoms with Crippen LogP contribution in [0, 0.1) is 0 Å². The fourth-order valence-corrected chi connectivity index (χ4v) is 3.35. The van der Waals surface area contributed by atoms with E-state index in [9.17, 15) is 14.4 Å². The largest absolute Gasteiger partial charge is 0.276 e. The molecule has 0 aliphatic carbocycles. The van der Waals surface area contributed by atoms with Gasteiger partial charge in [-0.25, -0.2) is 4.90 Å². The van der Waals surface area contributed by atoms with Crippen molar-refractivity contribution in [2.75, 3.05) is 4.90 Å². The number of imide groups is 1. The minimum Gasteiger partial charge on any atom is -0.276 e. The minimum atomic E-state index is -0.755. The fraction of sp³-hybridized carbons (Fsp3) is 0.150. The highest BCUT2D eigenvalue weighted by atomic mass is 35.5. The third-order valence-corrected chi connectivity index (χ3v) is 4.50. The molecule has 1 heterocycles. The van der Waals surface area contributed by atoms with Crippen LogP contribution in [-0.4, -0.2) is 17.1 Å². The van der Waals surface area contributed by atoms with Crippen molar-refractivity contribution in [2.45, 2.75) is 19.8 Å². The molecule has 0 atom stereocenters. The first-order valence-electron chi connectivity index (χ1n) is 7.94. The predicted octanol–water partition coefficient (Wildman–Crippen LogP) is 4.16. The number of nitrogens with zero attached hydrogens (tertiary/aromatic N) is 1. The van der Waals surface area contributed by atoms with Gasteiger partial charge in [0.05, 0.1) is 16.8 Å². The van der Waals surface area contributed by atoms with Crippen molar-refractivity contribution in [1.29, 1.82) is 0 Å². The first kappa shape index (κ1) is 17.1. The Labute approximate surface area is 150 Å². The molecule has 0 bridgehead atoms. The van der Waals surface area contributed by atoms with E-state index >= 15 is 0 Å². The maximum atomic E-state index is 13.0. The minimum absolute atomic E-state index is 0.0549. The van der Waals surface area contributed by atoms with Crippen molar-refractivity contribution >= 4 is 34.3 Å². The van der Waals surface area contributed by atoms with Crippen LogP contribution in [-0.2, 0) is 12.8 Å². The zero-order valence-electron chi connectivity index (χ0n) is 13.7. The lowest BCUT2D eigenvalue weighted by Crippen LogP contribution is -2.31. The molecule has 3 rings (SSSR count). The zero-order valence-corrected chi connectivity index (χ0v) is 14.5. The summed E-state index contributed by atoms with van der Waals surface area (Å²) in [7, 11) is 0. The van der Waals surface area contributed by atoms with Crippen LogP contribution < -0.4 is 4.90 Å². The van der Waals surface area contributed by atoms with Crippen LogP contribution in [0.25, 0.3) is 0 Å². The second-order valence-electron chi connectivity index (χ2n) is 5.72. The van der Waals surface area contributed by atoms with Gasteiger partial charge in [-0.05, 0) is 47.7 Å². The summed E-state index contributed by atoms with van der Waals surface area (Å²) in [6.45, 7) is 5.70. The molecule has 2 aromatic rings. The molecule has 0 unspecified atom stereocenters. The highest BCUT2D eigenvalue weighted by Crippen LogP contribution is 2.35. The number of anilines is 1. The van der Waals surface area contributed by atoms with E-state index in [0.717, 1.165) is 16.0 Å². The third kappa shape index (κ3) is 2.68. The molecule has 126 valence electrons. The molecule has 0 spiro atoms. The molecular formula is C20H16ClNO3. The third-order valence-electron chi connectivity index (χ3n) is 4.30. The van der Waals surface area contributed by atoms with Crippen LogP contribution >= 0.6 is 11.6 Å². The van der Waals surface area contributed by atoms with E-state index < -0.39 is 17.1 Å². The van der Waals surface area contributed by atoms with Gasteiger partial charge in [0.2, 0.25) is 0 Å². The van der Waals surface area contributed by atoms with Gasteiger partial charge in [0.15, 0.2) is 0 Å². The normalized spacial score (nSPS) is 13.1. The van der Waals surface area contributed by atoms with Crippen LogP contribution in [0.3, 0.4) is 0 Å². The van der Waals surface area contributed by atoms with Crippen molar-refractivity contribution in [2.24, 2.45) is 0 Å². The molecule has 0 N–H and O–H groups in total. The average Bonchev–Trinajstić information content (AvgIpc) is 2.86. The molecule has 0 saturated heterocycles. The van der Waals surface area contributed by atoms with Crippen molar-refractivity contribution in [3.63, 3.8) is 0 Å². The summed E-state index contributed by atoms with van der Waals surface area (Å²) in [6, 6.07) is 10.2. The number of carbonyl (C=O) groups is 3. The molecule has 2 aromatic carbocycles. The lowest BCUT2D eigenvalue weighted by molar-refractivity contribution is 0.0922. The van der Waals surface area contributed by atoms with Crippen molar-refractivity contribution in [1.82, 2.24) is 0 Å². The quantitative estimate of drug-likeness (QED) is 0.461. The van der Waals surface area contributed by atoms with E-state index in [1.807, 2.05) is 25.1 Å². The van der Waals surface area contributed by atoms with Crippen LogP contribution in [0.2, 0.25) is 0 Å². The Hall–Kier alpha value is -2.72. The van der Waals surface area contributed by atoms with Gasteiger partial charge in [-0.2, -0.15) is 0 Å². The van der Waals surface area contributed by atoms with E-state index in [-0.39, 0.29) is 16.7 Å². The van der Waals surface area contributed by atoms with E-state index in [0.29, 0.717) is 18.5 Å². The SMILES string of the molecule is C=CCc1cccc(CC)c1N1C(=O)c2cccc(C(=O)Cl)c2C1=O. The van der Waals surface area contributed by atoms with E-state index in [1.54, 1.807) is 18.2 Å². The van der Waals surface area contributed by atoms with Crippen molar-refractivity contribution in [3.8, 4) is 0 Å². The number of carbonyl (C=O) groups excluding carboxylic acids is 3. The highest BCUT2D eigenvalue weighted by Gasteiger charge is 2.40. The summed E-state index contributed by atoms with van der Waals surface area (Å²) in [5.41, 5.74) is 2.62. The van der Waals surface area contributed by atoms with E-state index in [2.05, 4.69) is 6.58 Å². The molecule has 1 aliphatic rings. The molecule has 0 radical (unpaired) electrons. The molecule has 5 heteroatoms. The highest BCUT2D eigenvalue weighted by molar-refractivity contribution is 6.68. The second-order valence-corrected chi connectivity index (χ2v) is 6.06. The molecule has 1 aliphatic heterocycles. The Balaban J connectivity index is 2.23. The van der Waals surface area contributed by atoms with Crippen molar-refractivity contribution < 1.29 is 14.4 Å². The van der Waals surface area contributed by atoms with Gasteiger partial charge in [-0.15, -0.1) is 6.58 Å². The smallest absolute Gasteiger partial charge is 0.266 e. The fourth-order valence-electron chi connectivity index (χ4n) is 3.19. The Morgan fingerprint density at radius 3 is 2.44 bits per heavy atom. The molecule has 4 nitrogen and oxygen atoms in total. The lowest BCUT2D eigenvalue weighted by atomic mass is 10.0. The summed E-state index contributed by atoms with van der Waals surface area (Å²) in [4.78, 5) is 38.8. The summed E-state index contributed by atoms with van der Waals surface area (Å²) >= 11 is 5.60. The van der Waals surface area contributed by atoms with Gasteiger partial charge in [0.1, 0.15) is 0 Å². The summed E-state index contributed by atoms with van der Waals surface area (Å²) in [5, 5.41) is -0.755. The number of benzene rings is 2. The van der Waals surface area contributed by atoms with E-state index in [4.69, 9.17) is 11.6 Å². The first-order valence-corrected chi connectivity index (χ1v) is 8.32. The number of halogens is 1. The number of hydrogen-bond donors (Lipinski definition) is 0. The molecular weight excluding hydrogens is 338 g/mol. The number of para-hydroxylation sites is 1. The Bertz CT molecular complexity index is 917. The summed E-state index contributed by atoms with van der Waals surface area (Å²) < 4.78 is 0. The van der Waals surface area contributed by atoms with Crippen LogP contribution in [0.4, 0.5) is 5.69 Å². The van der Waals surface area contributed by atoms with Gasteiger partial charge in [0.25, 0.3) is 17.1 Å². The van der Waals surface area contributed by atoms with Crippen molar-refractivity contribution in [3.05, 3.63) is 76.9 Å². The molecule has 0 aromatic heterocycles. The average molecular weight is 354 g/mol. The van der Waals surface area contributed by atoms with Crippen LogP contribution in [0.1, 0.15) is 49.1 Å². The Kier molecular flexibility index (Phi) is 4.55. The standard InChI is InChI=1S/C20H16ClNO3/c1-3-7-13-9-5-8-12(4-2)17(13)22-19(24)15-11-6-10-14(18(21)23)16(15)20(22)25/h3,5-6,8-11H,1,4,7H2,2H3. The van der Waals surface area contributed by atoms with E-state index in [1.165, 1.54) is 6.07 Å². The maximum absolute atomic E-state index is 13.0. The zero-order chi connectivity index (χ0) is 18.1. The first-order chi connectivity index (χ1) is 12.0. The van der Waals surface area contributed by atoms with Crippen LogP contribution in [0.5, 0.6) is 0 Å². The number of aryl methyl sites for hydroxylation is 1. The molecule has 0 fully saturated rings. The predicted molar refractivity (Wildman–Crippen MR) is 97.5 cm³/mol. The number of rotatable bonds is 5. The van der Waals surface area contributed by atoms with Gasteiger partial charge < -0.3 is 0 Å². The lowest BCUT2D eigenvalue weighted by Gasteiger charge is -2.21. The van der Waals surface area contributed by atoms with Gasteiger partial charge in [-0.3, -0.25) is 14.4 Å². The molecule has 25 heavy (non-hydrogen) atoms. The van der Waals surface area contributed by atoms with Gasteiger partial charge in [0, 0.05) is 5.56 Å². The second kappa shape index (κ2) is 6.65. The Morgan fingerprint density at radius 2 is 1.80 bits per heavy atom. The van der Waals surface area contributed by atoms with Gasteiger partial charge >= 0.3 is 0 Å². The van der Waals surface area contributed by atoms with Gasteiger partial charge in [-0.1, -0.05) is 37.3 Å². The number of allylic oxidation sites excluding steroid dienone is 1. The van der Waals surface area contributed by atoms with Crippen LogP contribution in [0.15, 0.2) is 49.1 Å². The monoisotopic (exact) mass is 353 g/mol. The molecule has 0 saturated carbocycles. The number of hydrogen-bond acceptors (Lipinski definition) is 3. The topological polar surface area (TPSA) is 54.5 Å². The number of fused-ring (bicyclic) bond motifs is 1. The summed E-state index contributed by atoms with van der Waals surface area (Å²) in [5.74, 6) is -0.957. The maximum Gasteiger partial charge on any atom is 0.266 e. The summed E-state index contributed by atoms with van der Waals surface area (Å²) in [6.07, 6.45) is 2.91. The number of amides is 2. The Morgan fingerprint density at radius 1 is 1.12 bits per heavy atom. The molecule has 2 amide bonds.